The molecule has 1 aromatic carbocycles. The summed E-state index contributed by atoms with van der Waals surface area (Å²) in [6.45, 7) is 8.87. The van der Waals surface area contributed by atoms with Crippen molar-refractivity contribution >= 4 is 0 Å². The number of benzene rings is 1. The molecule has 0 amide bonds. The molecule has 1 saturated heterocycles. The summed E-state index contributed by atoms with van der Waals surface area (Å²) in [5.41, 5.74) is 0.855. The zero-order valence-corrected chi connectivity index (χ0v) is 12.9. The number of hydrogen-bond acceptors (Lipinski definition) is 5. The molecule has 118 valence electrons. The van der Waals surface area contributed by atoms with E-state index in [0.717, 1.165) is 37.6 Å². The molecular weight excluding hydrogens is 270 g/mol. The van der Waals surface area contributed by atoms with Crippen molar-refractivity contribution in [3.05, 3.63) is 23.8 Å². The topological polar surface area (TPSA) is 51.2 Å². The molecular formula is C16H25NO4. The Morgan fingerprint density at radius 3 is 2.48 bits per heavy atom. The van der Waals surface area contributed by atoms with Crippen LogP contribution in [0.4, 0.5) is 0 Å². The number of aliphatic hydroxyl groups excluding tert-OH is 1. The van der Waals surface area contributed by atoms with E-state index in [2.05, 4.69) is 4.90 Å². The number of morpholine rings is 1. The fourth-order valence-electron chi connectivity index (χ4n) is 2.41. The van der Waals surface area contributed by atoms with Gasteiger partial charge in [0.05, 0.1) is 32.5 Å². The zero-order valence-electron chi connectivity index (χ0n) is 12.9. The van der Waals surface area contributed by atoms with Crippen LogP contribution in [0.25, 0.3) is 0 Å². The predicted molar refractivity (Wildman–Crippen MR) is 81.0 cm³/mol. The highest BCUT2D eigenvalue weighted by Gasteiger charge is 2.17. The lowest BCUT2D eigenvalue weighted by molar-refractivity contribution is 0.0143. The van der Waals surface area contributed by atoms with Gasteiger partial charge in [0, 0.05) is 19.6 Å². The highest BCUT2D eigenvalue weighted by atomic mass is 16.5. The van der Waals surface area contributed by atoms with E-state index in [1.807, 2.05) is 32.0 Å². The van der Waals surface area contributed by atoms with Crippen LogP contribution in [0.3, 0.4) is 0 Å². The Hall–Kier alpha value is -1.30. The predicted octanol–water partition coefficient (Wildman–Crippen LogP) is 1.85. The van der Waals surface area contributed by atoms with Gasteiger partial charge in [-0.1, -0.05) is 6.07 Å². The van der Waals surface area contributed by atoms with E-state index in [-0.39, 0.29) is 0 Å². The molecule has 0 aliphatic carbocycles. The van der Waals surface area contributed by atoms with Crippen LogP contribution in [0.5, 0.6) is 11.5 Å². The van der Waals surface area contributed by atoms with Crippen LogP contribution < -0.4 is 9.47 Å². The van der Waals surface area contributed by atoms with E-state index in [1.54, 1.807) is 0 Å². The monoisotopic (exact) mass is 295 g/mol. The third-order valence-electron chi connectivity index (χ3n) is 3.49. The van der Waals surface area contributed by atoms with Crippen molar-refractivity contribution in [2.75, 3.05) is 46.1 Å². The summed E-state index contributed by atoms with van der Waals surface area (Å²) in [6, 6.07) is 5.64. The van der Waals surface area contributed by atoms with E-state index in [0.29, 0.717) is 25.5 Å². The van der Waals surface area contributed by atoms with Crippen LogP contribution in [-0.4, -0.2) is 56.1 Å². The molecule has 1 heterocycles. The van der Waals surface area contributed by atoms with E-state index < -0.39 is 6.10 Å². The number of hydrogen-bond donors (Lipinski definition) is 1. The van der Waals surface area contributed by atoms with E-state index >= 15 is 0 Å². The first kappa shape index (κ1) is 16.1. The van der Waals surface area contributed by atoms with E-state index in [4.69, 9.17) is 14.2 Å². The summed E-state index contributed by atoms with van der Waals surface area (Å²) < 4.78 is 16.5. The Kier molecular flexibility index (Phi) is 6.29. The number of β-amino-alcohol motifs (C(OH)–C–C–N with tert-alkyl or cyclic N) is 1. The molecule has 0 saturated carbocycles. The molecule has 21 heavy (non-hydrogen) atoms. The third-order valence-corrected chi connectivity index (χ3v) is 3.49. The van der Waals surface area contributed by atoms with Crippen LogP contribution in [0.2, 0.25) is 0 Å². The van der Waals surface area contributed by atoms with Crippen LogP contribution in [-0.2, 0) is 4.74 Å². The molecule has 1 aromatic rings. The zero-order chi connectivity index (χ0) is 15.1. The molecule has 1 atom stereocenters. The Labute approximate surface area is 126 Å². The fraction of sp³-hybridized carbons (Fsp3) is 0.625. The molecule has 1 aliphatic rings. The van der Waals surface area contributed by atoms with Crippen molar-refractivity contribution in [3.63, 3.8) is 0 Å². The minimum atomic E-state index is -0.530. The minimum absolute atomic E-state index is 0.530. The lowest BCUT2D eigenvalue weighted by atomic mass is 10.1. The number of rotatable bonds is 7. The molecule has 5 heteroatoms. The quantitative estimate of drug-likeness (QED) is 0.832. The van der Waals surface area contributed by atoms with E-state index in [9.17, 15) is 5.11 Å². The first-order valence-electron chi connectivity index (χ1n) is 7.62. The van der Waals surface area contributed by atoms with Crippen molar-refractivity contribution in [1.29, 1.82) is 0 Å². The Morgan fingerprint density at radius 1 is 1.14 bits per heavy atom. The van der Waals surface area contributed by atoms with Crippen molar-refractivity contribution in [1.82, 2.24) is 4.90 Å². The molecule has 2 rings (SSSR count). The largest absolute Gasteiger partial charge is 0.490 e. The maximum absolute atomic E-state index is 10.4. The Morgan fingerprint density at radius 2 is 1.81 bits per heavy atom. The number of ether oxygens (including phenoxy) is 3. The molecule has 0 radical (unpaired) electrons. The van der Waals surface area contributed by atoms with Crippen LogP contribution in [0, 0.1) is 0 Å². The van der Waals surface area contributed by atoms with Gasteiger partial charge in [0.2, 0.25) is 0 Å². The lowest BCUT2D eigenvalue weighted by Gasteiger charge is -2.28. The molecule has 1 unspecified atom stereocenters. The van der Waals surface area contributed by atoms with Gasteiger partial charge in [-0.3, -0.25) is 4.90 Å². The highest BCUT2D eigenvalue weighted by Crippen LogP contribution is 2.31. The smallest absolute Gasteiger partial charge is 0.161 e. The summed E-state index contributed by atoms with van der Waals surface area (Å²) in [5, 5.41) is 10.4. The van der Waals surface area contributed by atoms with Crippen molar-refractivity contribution in [3.8, 4) is 11.5 Å². The molecule has 5 nitrogen and oxygen atoms in total. The second kappa shape index (κ2) is 8.22. The highest BCUT2D eigenvalue weighted by molar-refractivity contribution is 5.43. The van der Waals surface area contributed by atoms with Crippen LogP contribution >= 0.6 is 0 Å². The van der Waals surface area contributed by atoms with E-state index in [1.165, 1.54) is 0 Å². The molecule has 0 spiro atoms. The van der Waals surface area contributed by atoms with Gasteiger partial charge in [-0.25, -0.2) is 0 Å². The number of aliphatic hydroxyl groups is 1. The number of nitrogens with zero attached hydrogens (tertiary/aromatic N) is 1. The first-order valence-corrected chi connectivity index (χ1v) is 7.62. The molecule has 1 aliphatic heterocycles. The normalized spacial score (nSPS) is 17.5. The van der Waals surface area contributed by atoms with Crippen molar-refractivity contribution in [2.24, 2.45) is 0 Å². The summed E-state index contributed by atoms with van der Waals surface area (Å²) in [4.78, 5) is 2.21. The van der Waals surface area contributed by atoms with Gasteiger partial charge in [0.1, 0.15) is 0 Å². The lowest BCUT2D eigenvalue weighted by Crippen LogP contribution is -2.38. The SMILES string of the molecule is CCOc1ccc(C(O)CN2CCOCC2)cc1OCC. The summed E-state index contributed by atoms with van der Waals surface area (Å²) >= 11 is 0. The molecule has 0 bridgehead atoms. The third kappa shape index (κ3) is 4.59. The Bertz CT molecular complexity index is 432. The van der Waals surface area contributed by atoms with Gasteiger partial charge < -0.3 is 19.3 Å². The summed E-state index contributed by atoms with van der Waals surface area (Å²) in [5.74, 6) is 1.42. The minimum Gasteiger partial charge on any atom is -0.490 e. The molecule has 1 N–H and O–H groups in total. The van der Waals surface area contributed by atoms with Crippen molar-refractivity contribution in [2.45, 2.75) is 20.0 Å². The van der Waals surface area contributed by atoms with Gasteiger partial charge >= 0.3 is 0 Å². The van der Waals surface area contributed by atoms with Crippen LogP contribution in [0.15, 0.2) is 18.2 Å². The van der Waals surface area contributed by atoms with Gasteiger partial charge in [-0.15, -0.1) is 0 Å². The second-order valence-electron chi connectivity index (χ2n) is 5.00. The van der Waals surface area contributed by atoms with Crippen LogP contribution in [0.1, 0.15) is 25.5 Å². The van der Waals surface area contributed by atoms with Crippen molar-refractivity contribution < 1.29 is 19.3 Å². The first-order chi connectivity index (χ1) is 10.2. The standard InChI is InChI=1S/C16H25NO4/c1-3-20-15-6-5-13(11-16(15)21-4-2)14(18)12-17-7-9-19-10-8-17/h5-6,11,14,18H,3-4,7-10,12H2,1-2H3. The van der Waals surface area contributed by atoms with Gasteiger partial charge in [0.15, 0.2) is 11.5 Å². The second-order valence-corrected chi connectivity index (χ2v) is 5.00. The fourth-order valence-corrected chi connectivity index (χ4v) is 2.41. The van der Waals surface area contributed by atoms with Gasteiger partial charge in [-0.2, -0.15) is 0 Å². The average molecular weight is 295 g/mol. The summed E-state index contributed by atoms with van der Waals surface area (Å²) in [6.07, 6.45) is -0.530. The van der Waals surface area contributed by atoms with Gasteiger partial charge in [0.25, 0.3) is 0 Å². The average Bonchev–Trinajstić information content (AvgIpc) is 2.50. The Balaban J connectivity index is 2.05. The summed E-state index contributed by atoms with van der Waals surface area (Å²) in [7, 11) is 0. The maximum Gasteiger partial charge on any atom is 0.161 e. The van der Waals surface area contributed by atoms with Gasteiger partial charge in [-0.05, 0) is 31.5 Å². The molecule has 1 fully saturated rings. The maximum atomic E-state index is 10.4. The molecule has 0 aromatic heterocycles.